The molecule has 2 atom stereocenters. The molecule has 1 aromatic carbocycles. The zero-order valence-corrected chi connectivity index (χ0v) is 13.4. The van der Waals surface area contributed by atoms with Gasteiger partial charge in [-0.1, -0.05) is 0 Å². The van der Waals surface area contributed by atoms with Crippen molar-refractivity contribution >= 4 is 0 Å². The predicted molar refractivity (Wildman–Crippen MR) is 86.3 cm³/mol. The van der Waals surface area contributed by atoms with E-state index in [2.05, 4.69) is 5.32 Å². The highest BCUT2D eigenvalue weighted by atomic mass is 19.1. The number of rotatable bonds is 4. The fourth-order valence-corrected chi connectivity index (χ4v) is 3.77. The van der Waals surface area contributed by atoms with Crippen LogP contribution in [0.2, 0.25) is 0 Å². The second-order valence-corrected chi connectivity index (χ2v) is 6.84. The summed E-state index contributed by atoms with van der Waals surface area (Å²) in [5.74, 6) is -0.564. The van der Waals surface area contributed by atoms with Crippen molar-refractivity contribution in [3.8, 4) is 0 Å². The Hall–Kier alpha value is -1.04. The number of nitrogens with two attached hydrogens (primary N) is 1. The first-order valence-electron chi connectivity index (χ1n) is 8.69. The average molecular weight is 324 g/mol. The molecule has 1 aromatic rings. The van der Waals surface area contributed by atoms with E-state index in [4.69, 9.17) is 10.5 Å². The van der Waals surface area contributed by atoms with E-state index >= 15 is 0 Å². The molecule has 1 saturated carbocycles. The molecule has 1 aliphatic heterocycles. The lowest BCUT2D eigenvalue weighted by atomic mass is 9.82. The number of hydrogen-bond donors (Lipinski definition) is 2. The van der Waals surface area contributed by atoms with Crippen molar-refractivity contribution in [2.75, 3.05) is 13.2 Å². The van der Waals surface area contributed by atoms with E-state index < -0.39 is 0 Å². The van der Waals surface area contributed by atoms with Gasteiger partial charge in [-0.05, 0) is 74.8 Å². The molecule has 128 valence electrons. The molecule has 3 rings (SSSR count). The highest BCUT2D eigenvalue weighted by Gasteiger charge is 2.27. The predicted octanol–water partition coefficient (Wildman–Crippen LogP) is 3.09. The second kappa shape index (κ2) is 7.69. The first-order valence-corrected chi connectivity index (χ1v) is 8.69. The summed E-state index contributed by atoms with van der Waals surface area (Å²) in [7, 11) is 0. The van der Waals surface area contributed by atoms with Crippen molar-refractivity contribution in [2.24, 2.45) is 5.73 Å². The summed E-state index contributed by atoms with van der Waals surface area (Å²) in [6.45, 7) is 1.65. The van der Waals surface area contributed by atoms with Gasteiger partial charge >= 0.3 is 0 Å². The molecule has 3 N–H and O–H groups in total. The van der Waals surface area contributed by atoms with Gasteiger partial charge in [0.25, 0.3) is 0 Å². The molecule has 1 aliphatic carbocycles. The summed E-state index contributed by atoms with van der Waals surface area (Å²) < 4.78 is 33.2. The van der Waals surface area contributed by atoms with E-state index in [1.165, 1.54) is 18.2 Å². The van der Waals surface area contributed by atoms with Crippen LogP contribution >= 0.6 is 0 Å². The number of ether oxygens (including phenoxy) is 1. The number of halogens is 2. The van der Waals surface area contributed by atoms with Gasteiger partial charge in [0.2, 0.25) is 0 Å². The third kappa shape index (κ3) is 4.28. The normalized spacial score (nSPS) is 32.0. The molecule has 3 nitrogen and oxygen atoms in total. The number of hydrogen-bond acceptors (Lipinski definition) is 3. The first kappa shape index (κ1) is 16.8. The Morgan fingerprint density at radius 2 is 1.91 bits per heavy atom. The van der Waals surface area contributed by atoms with Crippen molar-refractivity contribution in [3.63, 3.8) is 0 Å². The molecule has 23 heavy (non-hydrogen) atoms. The molecule has 1 heterocycles. The van der Waals surface area contributed by atoms with Gasteiger partial charge in [0.1, 0.15) is 11.6 Å². The summed E-state index contributed by atoms with van der Waals surface area (Å²) in [6, 6.07) is 4.15. The fourth-order valence-electron chi connectivity index (χ4n) is 3.77. The van der Waals surface area contributed by atoms with E-state index in [-0.39, 0.29) is 35.7 Å². The highest BCUT2D eigenvalue weighted by molar-refractivity contribution is 5.23. The van der Waals surface area contributed by atoms with Gasteiger partial charge in [0.15, 0.2) is 0 Å². The van der Waals surface area contributed by atoms with Gasteiger partial charge in [-0.3, -0.25) is 0 Å². The zero-order chi connectivity index (χ0) is 16.2. The van der Waals surface area contributed by atoms with E-state index in [0.717, 1.165) is 45.1 Å². The lowest BCUT2D eigenvalue weighted by molar-refractivity contribution is 0.00601. The Labute approximate surface area is 136 Å². The van der Waals surface area contributed by atoms with Crippen molar-refractivity contribution in [3.05, 3.63) is 35.4 Å². The quantitative estimate of drug-likeness (QED) is 0.895. The van der Waals surface area contributed by atoms with Crippen LogP contribution in [0.25, 0.3) is 0 Å². The van der Waals surface area contributed by atoms with Crippen LogP contribution in [0.1, 0.15) is 50.0 Å². The number of benzene rings is 1. The summed E-state index contributed by atoms with van der Waals surface area (Å²) >= 11 is 0. The molecule has 0 aromatic heterocycles. The Bertz CT molecular complexity index is 518. The molecule has 0 amide bonds. The summed E-state index contributed by atoms with van der Waals surface area (Å²) in [4.78, 5) is 0. The molecule has 2 fully saturated rings. The molecule has 1 unspecified atom stereocenters. The average Bonchev–Trinajstić information content (AvgIpc) is 2.57. The second-order valence-electron chi connectivity index (χ2n) is 6.84. The lowest BCUT2D eigenvalue weighted by Crippen LogP contribution is -2.52. The van der Waals surface area contributed by atoms with Gasteiger partial charge in [-0.15, -0.1) is 0 Å². The van der Waals surface area contributed by atoms with E-state index in [1.54, 1.807) is 0 Å². The zero-order valence-electron chi connectivity index (χ0n) is 13.4. The Morgan fingerprint density at radius 1 is 1.13 bits per heavy atom. The SMILES string of the molecule is NC1CCCN[C@H]1COC1CCC(c2cc(F)ccc2F)CC1. The fraction of sp³-hybridized carbons (Fsp3) is 0.667. The van der Waals surface area contributed by atoms with Crippen LogP contribution in [-0.4, -0.2) is 31.3 Å². The summed E-state index contributed by atoms with van der Waals surface area (Å²) in [5, 5.41) is 3.42. The molecule has 2 aliphatic rings. The maximum absolute atomic E-state index is 13.9. The van der Waals surface area contributed by atoms with Crippen LogP contribution in [-0.2, 0) is 4.74 Å². The standard InChI is InChI=1S/C18H26F2N2O/c19-13-5-8-16(20)15(10-13)12-3-6-14(7-4-12)23-11-18-17(21)2-1-9-22-18/h5,8,10,12,14,17-18,22H,1-4,6-7,9,11,21H2/t12?,14?,17?,18-/m0/s1. The molecule has 1 saturated heterocycles. The van der Waals surface area contributed by atoms with Crippen LogP contribution in [0.5, 0.6) is 0 Å². The largest absolute Gasteiger partial charge is 0.377 e. The third-order valence-corrected chi connectivity index (χ3v) is 5.22. The van der Waals surface area contributed by atoms with E-state index in [1.807, 2.05) is 0 Å². The van der Waals surface area contributed by atoms with Crippen LogP contribution in [0.3, 0.4) is 0 Å². The molecular formula is C18H26F2N2O. The van der Waals surface area contributed by atoms with Crippen LogP contribution in [0, 0.1) is 11.6 Å². The van der Waals surface area contributed by atoms with Gasteiger partial charge in [-0.2, -0.15) is 0 Å². The Kier molecular flexibility index (Phi) is 5.62. The lowest BCUT2D eigenvalue weighted by Gasteiger charge is -2.33. The topological polar surface area (TPSA) is 47.3 Å². The maximum Gasteiger partial charge on any atom is 0.126 e. The summed E-state index contributed by atoms with van der Waals surface area (Å²) in [6.07, 6.45) is 5.85. The van der Waals surface area contributed by atoms with Gasteiger partial charge in [0, 0.05) is 12.1 Å². The van der Waals surface area contributed by atoms with Crippen molar-refractivity contribution in [1.29, 1.82) is 0 Å². The van der Waals surface area contributed by atoms with E-state index in [0.29, 0.717) is 12.2 Å². The molecule has 0 bridgehead atoms. The van der Waals surface area contributed by atoms with E-state index in [9.17, 15) is 8.78 Å². The molecular weight excluding hydrogens is 298 g/mol. The van der Waals surface area contributed by atoms with Crippen molar-refractivity contribution in [1.82, 2.24) is 5.32 Å². The van der Waals surface area contributed by atoms with Gasteiger partial charge < -0.3 is 15.8 Å². The third-order valence-electron chi connectivity index (χ3n) is 5.22. The van der Waals surface area contributed by atoms with Crippen LogP contribution in [0.15, 0.2) is 18.2 Å². The minimum absolute atomic E-state index is 0.0978. The van der Waals surface area contributed by atoms with Gasteiger partial charge in [0.05, 0.1) is 12.7 Å². The molecule has 0 radical (unpaired) electrons. The van der Waals surface area contributed by atoms with Crippen molar-refractivity contribution < 1.29 is 13.5 Å². The summed E-state index contributed by atoms with van der Waals surface area (Å²) in [5.41, 5.74) is 6.62. The number of piperidine rings is 1. The van der Waals surface area contributed by atoms with Crippen LogP contribution in [0.4, 0.5) is 8.78 Å². The maximum atomic E-state index is 13.9. The van der Waals surface area contributed by atoms with Gasteiger partial charge in [-0.25, -0.2) is 8.78 Å². The Balaban J connectivity index is 1.47. The Morgan fingerprint density at radius 3 is 2.65 bits per heavy atom. The number of nitrogens with one attached hydrogen (secondary N) is 1. The van der Waals surface area contributed by atoms with Crippen molar-refractivity contribution in [2.45, 2.75) is 62.6 Å². The molecule has 5 heteroatoms. The first-order chi connectivity index (χ1) is 11.1. The minimum atomic E-state index is -0.364. The highest BCUT2D eigenvalue weighted by Crippen LogP contribution is 2.35. The smallest absolute Gasteiger partial charge is 0.126 e. The molecule has 0 spiro atoms. The van der Waals surface area contributed by atoms with Crippen LogP contribution < -0.4 is 11.1 Å². The monoisotopic (exact) mass is 324 g/mol. The minimum Gasteiger partial charge on any atom is -0.377 e.